The van der Waals surface area contributed by atoms with Gasteiger partial charge in [-0.3, -0.25) is 4.79 Å². The Bertz CT molecular complexity index is 462. The van der Waals surface area contributed by atoms with Crippen LogP contribution >= 0.6 is 0 Å². The number of methoxy groups -OCH3 is 1. The van der Waals surface area contributed by atoms with Crippen LogP contribution in [0.3, 0.4) is 0 Å². The van der Waals surface area contributed by atoms with Gasteiger partial charge in [-0.05, 0) is 37.8 Å². The highest BCUT2D eigenvalue weighted by atomic mass is 16.5. The average Bonchev–Trinajstić information content (AvgIpc) is 2.38. The van der Waals surface area contributed by atoms with E-state index in [0.29, 0.717) is 23.4 Å². The van der Waals surface area contributed by atoms with Gasteiger partial charge in [-0.2, -0.15) is 0 Å². The van der Waals surface area contributed by atoms with Crippen LogP contribution in [0, 0.1) is 0 Å². The highest BCUT2D eigenvalue weighted by Gasteiger charge is 2.22. The summed E-state index contributed by atoms with van der Waals surface area (Å²) in [4.78, 5) is 12.1. The van der Waals surface area contributed by atoms with Gasteiger partial charge in [-0.15, -0.1) is 0 Å². The Balaban J connectivity index is 2.03. The number of hydrogen-bond acceptors (Lipinski definition) is 4. The Kier molecular flexibility index (Phi) is 4.27. The zero-order valence-corrected chi connectivity index (χ0v) is 11.1. The number of nitrogens with one attached hydrogen (secondary N) is 1. The molecule has 0 aliphatic heterocycles. The summed E-state index contributed by atoms with van der Waals surface area (Å²) >= 11 is 0. The van der Waals surface area contributed by atoms with E-state index in [9.17, 15) is 9.90 Å². The molecular formula is C14H20N2O3. The lowest BCUT2D eigenvalue weighted by atomic mass is 9.93. The summed E-state index contributed by atoms with van der Waals surface area (Å²) in [5.74, 6) is 0.432. The fourth-order valence-electron chi connectivity index (χ4n) is 2.43. The average molecular weight is 264 g/mol. The summed E-state index contributed by atoms with van der Waals surface area (Å²) in [7, 11) is 1.55. The third kappa shape index (κ3) is 3.38. The monoisotopic (exact) mass is 264 g/mol. The van der Waals surface area contributed by atoms with E-state index in [1.807, 2.05) is 0 Å². The fraction of sp³-hybridized carbons (Fsp3) is 0.500. The molecule has 1 aliphatic rings. The molecular weight excluding hydrogens is 244 g/mol. The smallest absolute Gasteiger partial charge is 0.253 e. The van der Waals surface area contributed by atoms with Crippen molar-refractivity contribution < 1.29 is 14.6 Å². The summed E-state index contributed by atoms with van der Waals surface area (Å²) in [6.45, 7) is 0. The predicted molar refractivity (Wildman–Crippen MR) is 73.1 cm³/mol. The van der Waals surface area contributed by atoms with Crippen molar-refractivity contribution in [2.75, 3.05) is 12.8 Å². The number of rotatable bonds is 3. The van der Waals surface area contributed by atoms with E-state index < -0.39 is 0 Å². The van der Waals surface area contributed by atoms with Crippen molar-refractivity contribution in [1.29, 1.82) is 0 Å². The van der Waals surface area contributed by atoms with Crippen LogP contribution in [0.5, 0.6) is 5.75 Å². The largest absolute Gasteiger partial charge is 0.497 e. The van der Waals surface area contributed by atoms with Gasteiger partial charge >= 0.3 is 0 Å². The summed E-state index contributed by atoms with van der Waals surface area (Å²) in [6, 6.07) is 5.02. The number of ether oxygens (including phenoxy) is 1. The molecule has 2 atom stereocenters. The summed E-state index contributed by atoms with van der Waals surface area (Å²) in [6.07, 6.45) is 2.95. The second-order valence-corrected chi connectivity index (χ2v) is 4.94. The van der Waals surface area contributed by atoms with Crippen LogP contribution in [0.1, 0.15) is 36.0 Å². The molecule has 4 N–H and O–H groups in total. The van der Waals surface area contributed by atoms with Gasteiger partial charge in [0.1, 0.15) is 5.75 Å². The zero-order chi connectivity index (χ0) is 13.8. The predicted octanol–water partition coefficient (Wildman–Crippen LogP) is 1.31. The van der Waals surface area contributed by atoms with Gasteiger partial charge in [-0.25, -0.2) is 0 Å². The second-order valence-electron chi connectivity index (χ2n) is 4.94. The van der Waals surface area contributed by atoms with Crippen LogP contribution < -0.4 is 15.8 Å². The number of aliphatic hydroxyl groups is 1. The minimum atomic E-state index is -0.313. The molecule has 0 spiro atoms. The van der Waals surface area contributed by atoms with Crippen molar-refractivity contribution in [1.82, 2.24) is 5.32 Å². The number of nitrogens with two attached hydrogens (primary N) is 1. The lowest BCUT2D eigenvalue weighted by molar-refractivity contribution is 0.0850. The van der Waals surface area contributed by atoms with Gasteiger partial charge in [0.2, 0.25) is 0 Å². The maximum Gasteiger partial charge on any atom is 0.253 e. The normalized spacial score (nSPS) is 22.8. The van der Waals surface area contributed by atoms with Crippen LogP contribution in [0.4, 0.5) is 5.69 Å². The van der Waals surface area contributed by atoms with Crippen molar-refractivity contribution in [2.45, 2.75) is 37.8 Å². The maximum absolute atomic E-state index is 12.1. The van der Waals surface area contributed by atoms with Crippen molar-refractivity contribution in [2.24, 2.45) is 0 Å². The van der Waals surface area contributed by atoms with Gasteiger partial charge < -0.3 is 20.9 Å². The van der Waals surface area contributed by atoms with E-state index in [2.05, 4.69) is 5.32 Å². The Morgan fingerprint density at radius 2 is 2.26 bits per heavy atom. The van der Waals surface area contributed by atoms with Crippen LogP contribution in [0.2, 0.25) is 0 Å². The van der Waals surface area contributed by atoms with Crippen molar-refractivity contribution in [3.8, 4) is 5.75 Å². The number of aliphatic hydroxyl groups excluding tert-OH is 1. The van der Waals surface area contributed by atoms with Gasteiger partial charge in [0, 0.05) is 17.8 Å². The molecule has 1 saturated carbocycles. The molecule has 104 valence electrons. The molecule has 5 heteroatoms. The van der Waals surface area contributed by atoms with Crippen LogP contribution in [-0.4, -0.2) is 30.3 Å². The van der Waals surface area contributed by atoms with E-state index in [4.69, 9.17) is 10.5 Å². The molecule has 0 radical (unpaired) electrons. The lowest BCUT2D eigenvalue weighted by Crippen LogP contribution is -2.39. The van der Waals surface area contributed by atoms with Crippen LogP contribution in [-0.2, 0) is 0 Å². The van der Waals surface area contributed by atoms with Crippen LogP contribution in [0.25, 0.3) is 0 Å². The van der Waals surface area contributed by atoms with Gasteiger partial charge in [0.25, 0.3) is 5.91 Å². The highest BCUT2D eigenvalue weighted by Crippen LogP contribution is 2.22. The molecule has 2 unspecified atom stereocenters. The minimum absolute atomic E-state index is 0.0257. The van der Waals surface area contributed by atoms with Gasteiger partial charge in [0.05, 0.1) is 18.8 Å². The molecule has 1 amide bonds. The second kappa shape index (κ2) is 5.93. The minimum Gasteiger partial charge on any atom is -0.497 e. The molecule has 0 aromatic heterocycles. The Morgan fingerprint density at radius 1 is 1.47 bits per heavy atom. The maximum atomic E-state index is 12.1. The quantitative estimate of drug-likeness (QED) is 0.719. The third-order valence-corrected chi connectivity index (χ3v) is 3.49. The van der Waals surface area contributed by atoms with E-state index >= 15 is 0 Å². The van der Waals surface area contributed by atoms with Crippen LogP contribution in [0.15, 0.2) is 18.2 Å². The van der Waals surface area contributed by atoms with E-state index in [-0.39, 0.29) is 18.1 Å². The molecule has 1 aromatic rings. The fourth-order valence-corrected chi connectivity index (χ4v) is 2.43. The van der Waals surface area contributed by atoms with E-state index in [1.165, 1.54) is 0 Å². The Morgan fingerprint density at radius 3 is 2.89 bits per heavy atom. The Hall–Kier alpha value is -1.75. The molecule has 1 aromatic carbocycles. The first-order chi connectivity index (χ1) is 9.10. The van der Waals surface area contributed by atoms with Crippen molar-refractivity contribution in [3.05, 3.63) is 23.8 Å². The molecule has 5 nitrogen and oxygen atoms in total. The first-order valence-electron chi connectivity index (χ1n) is 6.52. The zero-order valence-electron chi connectivity index (χ0n) is 11.1. The number of anilines is 1. The SMILES string of the molecule is COc1ccc(C(=O)NC2CCCC(O)C2)c(N)c1. The summed E-state index contributed by atoms with van der Waals surface area (Å²) in [5, 5.41) is 12.5. The number of nitrogen functional groups attached to an aromatic ring is 1. The summed E-state index contributed by atoms with van der Waals surface area (Å²) < 4.78 is 5.05. The van der Waals surface area contributed by atoms with Crippen molar-refractivity contribution >= 4 is 11.6 Å². The highest BCUT2D eigenvalue weighted by molar-refractivity contribution is 5.99. The molecule has 0 saturated heterocycles. The van der Waals surface area contributed by atoms with Gasteiger partial charge in [0.15, 0.2) is 0 Å². The number of benzene rings is 1. The number of carbonyl (C=O) groups excluding carboxylic acids is 1. The van der Waals surface area contributed by atoms with Gasteiger partial charge in [-0.1, -0.05) is 0 Å². The molecule has 0 bridgehead atoms. The molecule has 1 fully saturated rings. The van der Waals surface area contributed by atoms with E-state index in [0.717, 1.165) is 19.3 Å². The standard InChI is InChI=1S/C14H20N2O3/c1-19-11-5-6-12(13(15)8-11)14(18)16-9-3-2-4-10(17)7-9/h5-6,8-10,17H,2-4,7,15H2,1H3,(H,16,18). The summed E-state index contributed by atoms with van der Waals surface area (Å²) in [5.41, 5.74) is 6.68. The molecule has 19 heavy (non-hydrogen) atoms. The number of hydrogen-bond donors (Lipinski definition) is 3. The topological polar surface area (TPSA) is 84.6 Å². The molecule has 0 heterocycles. The molecule has 1 aliphatic carbocycles. The first kappa shape index (κ1) is 13.7. The van der Waals surface area contributed by atoms with E-state index in [1.54, 1.807) is 25.3 Å². The molecule has 2 rings (SSSR count). The number of amides is 1. The number of carbonyl (C=O) groups is 1. The Labute approximate surface area is 112 Å². The lowest BCUT2D eigenvalue weighted by Gasteiger charge is -2.26. The first-order valence-corrected chi connectivity index (χ1v) is 6.52. The third-order valence-electron chi connectivity index (χ3n) is 3.49. The van der Waals surface area contributed by atoms with Crippen molar-refractivity contribution in [3.63, 3.8) is 0 Å².